The molecular formula is C18H22FN3O2. The van der Waals surface area contributed by atoms with Crippen LogP contribution in [-0.2, 0) is 0 Å². The monoisotopic (exact) mass is 331 g/mol. The van der Waals surface area contributed by atoms with E-state index in [0.29, 0.717) is 18.3 Å². The number of ether oxygens (including phenoxy) is 2. The van der Waals surface area contributed by atoms with Gasteiger partial charge in [0, 0.05) is 11.8 Å². The van der Waals surface area contributed by atoms with Gasteiger partial charge in [-0.3, -0.25) is 0 Å². The fourth-order valence-electron chi connectivity index (χ4n) is 2.04. The third-order valence-electron chi connectivity index (χ3n) is 3.38. The van der Waals surface area contributed by atoms with Crippen molar-refractivity contribution in [2.75, 3.05) is 19.0 Å². The van der Waals surface area contributed by atoms with Gasteiger partial charge in [0.1, 0.15) is 23.4 Å². The minimum atomic E-state index is -0.327. The molecule has 0 amide bonds. The molecule has 2 aromatic rings. The maximum atomic E-state index is 13.2. The quantitative estimate of drug-likeness (QED) is 0.602. The van der Waals surface area contributed by atoms with Crippen LogP contribution in [0.4, 0.5) is 10.1 Å². The molecule has 3 N–H and O–H groups in total. The van der Waals surface area contributed by atoms with Crippen molar-refractivity contribution in [2.24, 2.45) is 10.7 Å². The highest BCUT2D eigenvalue weighted by Crippen LogP contribution is 2.16. The fourth-order valence-corrected chi connectivity index (χ4v) is 2.04. The van der Waals surface area contributed by atoms with Crippen molar-refractivity contribution in [1.82, 2.24) is 0 Å². The van der Waals surface area contributed by atoms with Crippen LogP contribution in [0.1, 0.15) is 13.3 Å². The number of halogens is 1. The van der Waals surface area contributed by atoms with E-state index in [9.17, 15) is 4.39 Å². The van der Waals surface area contributed by atoms with Crippen molar-refractivity contribution >= 4 is 11.6 Å². The lowest BCUT2D eigenvalue weighted by Crippen LogP contribution is -2.26. The van der Waals surface area contributed by atoms with E-state index >= 15 is 0 Å². The van der Waals surface area contributed by atoms with E-state index in [0.717, 1.165) is 17.9 Å². The predicted octanol–water partition coefficient (Wildman–Crippen LogP) is 3.42. The van der Waals surface area contributed by atoms with Gasteiger partial charge in [0.05, 0.1) is 13.7 Å². The normalized spacial score (nSPS) is 12.5. The van der Waals surface area contributed by atoms with E-state index in [1.807, 2.05) is 31.2 Å². The second-order valence-electron chi connectivity index (χ2n) is 5.18. The van der Waals surface area contributed by atoms with Gasteiger partial charge in [0.2, 0.25) is 0 Å². The summed E-state index contributed by atoms with van der Waals surface area (Å²) >= 11 is 0. The highest BCUT2D eigenvalue weighted by Gasteiger charge is 2.08. The van der Waals surface area contributed by atoms with Crippen molar-refractivity contribution in [2.45, 2.75) is 19.4 Å². The summed E-state index contributed by atoms with van der Waals surface area (Å²) in [5.74, 6) is 1.22. The molecule has 0 radical (unpaired) electrons. The first-order valence-electron chi connectivity index (χ1n) is 7.74. The van der Waals surface area contributed by atoms with Gasteiger partial charge in [-0.25, -0.2) is 9.38 Å². The third kappa shape index (κ3) is 5.46. The summed E-state index contributed by atoms with van der Waals surface area (Å²) in [6.07, 6.45) is 0.554. The molecule has 0 saturated carbocycles. The van der Waals surface area contributed by atoms with Crippen LogP contribution in [0.25, 0.3) is 0 Å². The molecule has 0 heterocycles. The maximum Gasteiger partial charge on any atom is 0.193 e. The van der Waals surface area contributed by atoms with E-state index in [1.165, 1.54) is 12.1 Å². The van der Waals surface area contributed by atoms with E-state index < -0.39 is 0 Å². The van der Waals surface area contributed by atoms with Crippen molar-refractivity contribution in [3.8, 4) is 11.5 Å². The molecule has 128 valence electrons. The number of nitrogens with zero attached hydrogens (tertiary/aromatic N) is 1. The number of aliphatic imine (C=N–C) groups is 1. The van der Waals surface area contributed by atoms with E-state index in [-0.39, 0.29) is 11.9 Å². The van der Waals surface area contributed by atoms with Gasteiger partial charge in [-0.15, -0.1) is 0 Å². The molecule has 6 heteroatoms. The zero-order valence-electron chi connectivity index (χ0n) is 13.8. The molecule has 0 aliphatic rings. The maximum absolute atomic E-state index is 13.2. The van der Waals surface area contributed by atoms with E-state index in [2.05, 4.69) is 10.3 Å². The van der Waals surface area contributed by atoms with Gasteiger partial charge in [0.25, 0.3) is 0 Å². The van der Waals surface area contributed by atoms with Gasteiger partial charge in [0.15, 0.2) is 5.96 Å². The average molecular weight is 331 g/mol. The molecule has 1 atom stereocenters. The lowest BCUT2D eigenvalue weighted by atomic mass is 10.2. The van der Waals surface area contributed by atoms with Crippen LogP contribution in [0.3, 0.4) is 0 Å². The highest BCUT2D eigenvalue weighted by molar-refractivity contribution is 5.92. The Kier molecular flexibility index (Phi) is 6.42. The number of nitrogens with one attached hydrogen (secondary N) is 1. The van der Waals surface area contributed by atoms with Crippen LogP contribution in [0, 0.1) is 5.82 Å². The molecule has 0 aliphatic carbocycles. The molecule has 0 aliphatic heterocycles. The van der Waals surface area contributed by atoms with Gasteiger partial charge in [-0.1, -0.05) is 13.0 Å². The number of benzene rings is 2. The Labute approximate surface area is 141 Å². The largest absolute Gasteiger partial charge is 0.497 e. The predicted molar refractivity (Wildman–Crippen MR) is 94.2 cm³/mol. The number of hydrogen-bond acceptors (Lipinski definition) is 3. The summed E-state index contributed by atoms with van der Waals surface area (Å²) in [6, 6.07) is 13.4. The van der Waals surface area contributed by atoms with Crippen LogP contribution < -0.4 is 20.5 Å². The zero-order chi connectivity index (χ0) is 17.4. The molecule has 0 fully saturated rings. The molecule has 2 aromatic carbocycles. The Morgan fingerprint density at radius 1 is 1.21 bits per heavy atom. The molecule has 2 rings (SSSR count). The standard InChI is InChI=1S/C18H22FN3O2/c1-3-15(24-17-6-4-5-13(19)11-17)12-21-18(20)22-14-7-9-16(23-2)10-8-14/h4-11,15H,3,12H2,1-2H3,(H3,20,21,22). The number of anilines is 1. The minimum absolute atomic E-state index is 0.178. The van der Waals surface area contributed by atoms with Gasteiger partial charge in [-0.05, 0) is 42.8 Å². The second kappa shape index (κ2) is 8.76. The van der Waals surface area contributed by atoms with Crippen LogP contribution in [0.2, 0.25) is 0 Å². The van der Waals surface area contributed by atoms with Gasteiger partial charge >= 0.3 is 0 Å². The highest BCUT2D eigenvalue weighted by atomic mass is 19.1. The first-order chi connectivity index (χ1) is 11.6. The molecule has 24 heavy (non-hydrogen) atoms. The number of methoxy groups -OCH3 is 1. The number of guanidine groups is 1. The number of hydrogen-bond donors (Lipinski definition) is 2. The molecule has 0 spiro atoms. The molecule has 5 nitrogen and oxygen atoms in total. The van der Waals surface area contributed by atoms with Crippen LogP contribution in [0.5, 0.6) is 11.5 Å². The minimum Gasteiger partial charge on any atom is -0.497 e. The number of nitrogens with two attached hydrogens (primary N) is 1. The first kappa shape index (κ1) is 17.6. The van der Waals surface area contributed by atoms with Crippen molar-refractivity contribution in [3.63, 3.8) is 0 Å². The molecule has 0 bridgehead atoms. The summed E-state index contributed by atoms with van der Waals surface area (Å²) in [6.45, 7) is 2.36. The second-order valence-corrected chi connectivity index (χ2v) is 5.18. The Morgan fingerprint density at radius 3 is 2.58 bits per heavy atom. The fraction of sp³-hybridized carbons (Fsp3) is 0.278. The lowest BCUT2D eigenvalue weighted by molar-refractivity contribution is 0.205. The Balaban J connectivity index is 1.91. The van der Waals surface area contributed by atoms with Crippen LogP contribution >= 0.6 is 0 Å². The summed E-state index contributed by atoms with van der Waals surface area (Å²) < 4.78 is 24.0. The SMILES string of the molecule is CCC(CN=C(N)Nc1ccc(OC)cc1)Oc1cccc(F)c1. The molecule has 1 unspecified atom stereocenters. The van der Waals surface area contributed by atoms with Crippen LogP contribution in [-0.4, -0.2) is 25.7 Å². The summed E-state index contributed by atoms with van der Waals surface area (Å²) in [7, 11) is 1.61. The average Bonchev–Trinajstić information content (AvgIpc) is 2.59. The summed E-state index contributed by atoms with van der Waals surface area (Å²) in [4.78, 5) is 4.29. The van der Waals surface area contributed by atoms with Crippen molar-refractivity contribution < 1.29 is 13.9 Å². The molecule has 0 saturated heterocycles. The topological polar surface area (TPSA) is 68.9 Å². The Hall–Kier alpha value is -2.76. The zero-order valence-corrected chi connectivity index (χ0v) is 13.8. The van der Waals surface area contributed by atoms with Gasteiger partial charge < -0.3 is 20.5 Å². The van der Waals surface area contributed by atoms with Gasteiger partial charge in [-0.2, -0.15) is 0 Å². The molecule has 0 aromatic heterocycles. The Bertz CT molecular complexity index is 674. The first-order valence-corrected chi connectivity index (χ1v) is 7.74. The van der Waals surface area contributed by atoms with Crippen molar-refractivity contribution in [3.05, 3.63) is 54.3 Å². The lowest BCUT2D eigenvalue weighted by Gasteiger charge is -2.16. The summed E-state index contributed by atoms with van der Waals surface area (Å²) in [5.41, 5.74) is 6.70. The van der Waals surface area contributed by atoms with E-state index in [4.69, 9.17) is 15.2 Å². The molecular weight excluding hydrogens is 309 g/mol. The third-order valence-corrected chi connectivity index (χ3v) is 3.38. The summed E-state index contributed by atoms with van der Waals surface area (Å²) in [5, 5.41) is 3.00. The smallest absolute Gasteiger partial charge is 0.193 e. The number of rotatable bonds is 7. The Morgan fingerprint density at radius 2 is 1.96 bits per heavy atom. The van der Waals surface area contributed by atoms with Crippen molar-refractivity contribution in [1.29, 1.82) is 0 Å². The van der Waals surface area contributed by atoms with Crippen LogP contribution in [0.15, 0.2) is 53.5 Å². The van der Waals surface area contributed by atoms with E-state index in [1.54, 1.807) is 19.2 Å².